The van der Waals surface area contributed by atoms with Crippen LogP contribution in [0, 0.1) is 13.8 Å². The first-order valence-electron chi connectivity index (χ1n) is 4.71. The summed E-state index contributed by atoms with van der Waals surface area (Å²) >= 11 is 0. The Morgan fingerprint density at radius 3 is 2.50 bits per heavy atom. The van der Waals surface area contributed by atoms with Gasteiger partial charge in [0, 0.05) is 6.54 Å². The lowest BCUT2D eigenvalue weighted by molar-refractivity contribution is 0.373. The molecule has 1 unspecified atom stereocenters. The summed E-state index contributed by atoms with van der Waals surface area (Å²) in [4.78, 5) is 10.7. The van der Waals surface area contributed by atoms with Crippen LogP contribution in [0.25, 0.3) is 0 Å². The molecule has 0 amide bonds. The molecule has 0 aliphatic carbocycles. The minimum absolute atomic E-state index is 0.0585. The molecule has 0 saturated carbocycles. The number of hydrogen-bond acceptors (Lipinski definition) is 4. The molecule has 0 fully saturated rings. The van der Waals surface area contributed by atoms with Crippen molar-refractivity contribution in [2.75, 3.05) is 20.6 Å². The lowest BCUT2D eigenvalue weighted by atomic mass is 10.2. The smallest absolute Gasteiger partial charge is 0.0770 e. The number of nitrogens with zero attached hydrogens (tertiary/aromatic N) is 3. The van der Waals surface area contributed by atoms with Gasteiger partial charge in [-0.05, 0) is 27.9 Å². The van der Waals surface area contributed by atoms with E-state index in [9.17, 15) is 0 Å². The minimum atomic E-state index is -0.0585. The number of rotatable bonds is 3. The van der Waals surface area contributed by atoms with E-state index in [2.05, 4.69) is 9.97 Å². The Morgan fingerprint density at radius 1 is 1.36 bits per heavy atom. The van der Waals surface area contributed by atoms with E-state index in [-0.39, 0.29) is 6.04 Å². The van der Waals surface area contributed by atoms with E-state index in [1.807, 2.05) is 32.8 Å². The van der Waals surface area contributed by atoms with Crippen LogP contribution in [0.5, 0.6) is 0 Å². The Morgan fingerprint density at radius 2 is 2.00 bits per heavy atom. The summed E-state index contributed by atoms with van der Waals surface area (Å²) in [6.07, 6.45) is 1.76. The summed E-state index contributed by atoms with van der Waals surface area (Å²) in [5.74, 6) is 0. The molecule has 14 heavy (non-hydrogen) atoms. The van der Waals surface area contributed by atoms with Crippen molar-refractivity contribution in [3.8, 4) is 0 Å². The zero-order valence-corrected chi connectivity index (χ0v) is 9.28. The molecule has 1 aromatic rings. The third-order valence-corrected chi connectivity index (χ3v) is 2.15. The summed E-state index contributed by atoms with van der Waals surface area (Å²) < 4.78 is 0. The number of aryl methyl sites for hydroxylation is 2. The zero-order chi connectivity index (χ0) is 10.7. The Hall–Kier alpha value is -1.00. The second-order valence-corrected chi connectivity index (χ2v) is 3.83. The number of aromatic nitrogens is 2. The van der Waals surface area contributed by atoms with Crippen molar-refractivity contribution in [2.24, 2.45) is 5.73 Å². The topological polar surface area (TPSA) is 55.0 Å². The first-order chi connectivity index (χ1) is 6.50. The highest BCUT2D eigenvalue weighted by atomic mass is 15.1. The van der Waals surface area contributed by atoms with Crippen molar-refractivity contribution in [3.63, 3.8) is 0 Å². The molecule has 0 aliphatic rings. The molecule has 0 aliphatic heterocycles. The van der Waals surface area contributed by atoms with Gasteiger partial charge < -0.3 is 10.6 Å². The van der Waals surface area contributed by atoms with Crippen molar-refractivity contribution in [3.05, 3.63) is 23.3 Å². The zero-order valence-electron chi connectivity index (χ0n) is 9.28. The third-order valence-electron chi connectivity index (χ3n) is 2.15. The van der Waals surface area contributed by atoms with E-state index >= 15 is 0 Å². The molecular weight excluding hydrogens is 176 g/mol. The second kappa shape index (κ2) is 4.48. The van der Waals surface area contributed by atoms with Gasteiger partial charge in [0.15, 0.2) is 0 Å². The molecule has 0 bridgehead atoms. The maximum Gasteiger partial charge on any atom is 0.0770 e. The molecule has 1 heterocycles. The Balaban J connectivity index is 2.80. The van der Waals surface area contributed by atoms with Crippen LogP contribution in [0.3, 0.4) is 0 Å². The molecule has 0 radical (unpaired) electrons. The Kier molecular flexibility index (Phi) is 3.55. The second-order valence-electron chi connectivity index (χ2n) is 3.83. The summed E-state index contributed by atoms with van der Waals surface area (Å²) in [5, 5.41) is 0. The van der Waals surface area contributed by atoms with Crippen LogP contribution in [-0.4, -0.2) is 35.5 Å². The van der Waals surface area contributed by atoms with Crippen molar-refractivity contribution in [1.29, 1.82) is 0 Å². The molecule has 1 atom stereocenters. The van der Waals surface area contributed by atoms with E-state index in [0.29, 0.717) is 0 Å². The highest BCUT2D eigenvalue weighted by Crippen LogP contribution is 2.08. The molecule has 0 saturated heterocycles. The largest absolute Gasteiger partial charge is 0.322 e. The van der Waals surface area contributed by atoms with Gasteiger partial charge in [-0.1, -0.05) is 0 Å². The molecule has 1 rings (SSSR count). The Labute approximate surface area is 85.2 Å². The van der Waals surface area contributed by atoms with Crippen LogP contribution >= 0.6 is 0 Å². The first kappa shape index (κ1) is 11.1. The van der Waals surface area contributed by atoms with Crippen LogP contribution in [0.15, 0.2) is 6.20 Å². The quantitative estimate of drug-likeness (QED) is 0.767. The van der Waals surface area contributed by atoms with Crippen LogP contribution in [0.1, 0.15) is 23.1 Å². The highest BCUT2D eigenvalue weighted by molar-refractivity contribution is 5.13. The fourth-order valence-corrected chi connectivity index (χ4v) is 1.23. The predicted molar refractivity (Wildman–Crippen MR) is 57.0 cm³/mol. The molecule has 4 nitrogen and oxygen atoms in total. The fourth-order valence-electron chi connectivity index (χ4n) is 1.23. The number of likely N-dealkylation sites (N-methyl/N-ethyl adjacent to an activating group) is 1. The standard InChI is InChI=1S/C10H18N4/c1-7-8(2)13-10(5-12-7)9(11)6-14(3)4/h5,9H,6,11H2,1-4H3. The van der Waals surface area contributed by atoms with E-state index in [4.69, 9.17) is 5.73 Å². The summed E-state index contributed by atoms with van der Waals surface area (Å²) in [5.41, 5.74) is 8.75. The normalized spacial score (nSPS) is 13.3. The lowest BCUT2D eigenvalue weighted by Crippen LogP contribution is -2.27. The molecular formula is C10H18N4. The predicted octanol–water partition coefficient (Wildman–Crippen LogP) is 0.655. The van der Waals surface area contributed by atoms with E-state index in [0.717, 1.165) is 23.6 Å². The maximum atomic E-state index is 5.97. The summed E-state index contributed by atoms with van der Waals surface area (Å²) in [6.45, 7) is 4.69. The third kappa shape index (κ3) is 2.75. The van der Waals surface area contributed by atoms with Crippen LogP contribution in [0.2, 0.25) is 0 Å². The van der Waals surface area contributed by atoms with Gasteiger partial charge in [0.25, 0.3) is 0 Å². The minimum Gasteiger partial charge on any atom is -0.322 e. The Bertz CT molecular complexity index is 309. The first-order valence-corrected chi connectivity index (χ1v) is 4.71. The van der Waals surface area contributed by atoms with Gasteiger partial charge in [0.2, 0.25) is 0 Å². The molecule has 1 aromatic heterocycles. The average Bonchev–Trinajstić information content (AvgIpc) is 2.08. The summed E-state index contributed by atoms with van der Waals surface area (Å²) in [7, 11) is 3.99. The lowest BCUT2D eigenvalue weighted by Gasteiger charge is -2.16. The van der Waals surface area contributed by atoms with Crippen LogP contribution < -0.4 is 5.73 Å². The molecule has 78 valence electrons. The van der Waals surface area contributed by atoms with E-state index in [1.165, 1.54) is 0 Å². The summed E-state index contributed by atoms with van der Waals surface area (Å²) in [6, 6.07) is -0.0585. The van der Waals surface area contributed by atoms with Crippen molar-refractivity contribution < 1.29 is 0 Å². The molecule has 0 aromatic carbocycles. The van der Waals surface area contributed by atoms with Crippen LogP contribution in [0.4, 0.5) is 0 Å². The maximum absolute atomic E-state index is 5.97. The highest BCUT2D eigenvalue weighted by Gasteiger charge is 2.09. The monoisotopic (exact) mass is 194 g/mol. The van der Waals surface area contributed by atoms with Crippen LogP contribution in [-0.2, 0) is 0 Å². The molecule has 4 heteroatoms. The average molecular weight is 194 g/mol. The van der Waals surface area contributed by atoms with Gasteiger partial charge in [0.05, 0.1) is 29.3 Å². The van der Waals surface area contributed by atoms with Gasteiger partial charge in [0.1, 0.15) is 0 Å². The number of hydrogen-bond donors (Lipinski definition) is 1. The van der Waals surface area contributed by atoms with Crippen molar-refractivity contribution in [1.82, 2.24) is 14.9 Å². The molecule has 0 spiro atoms. The van der Waals surface area contributed by atoms with Gasteiger partial charge in [-0.15, -0.1) is 0 Å². The SMILES string of the molecule is Cc1ncc(C(N)CN(C)C)nc1C. The van der Waals surface area contributed by atoms with Gasteiger partial charge in [-0.2, -0.15) is 0 Å². The van der Waals surface area contributed by atoms with E-state index < -0.39 is 0 Å². The van der Waals surface area contributed by atoms with Gasteiger partial charge in [-0.25, -0.2) is 0 Å². The number of nitrogens with two attached hydrogens (primary N) is 1. The van der Waals surface area contributed by atoms with Gasteiger partial charge >= 0.3 is 0 Å². The van der Waals surface area contributed by atoms with Crippen molar-refractivity contribution >= 4 is 0 Å². The van der Waals surface area contributed by atoms with E-state index in [1.54, 1.807) is 6.20 Å². The van der Waals surface area contributed by atoms with Gasteiger partial charge in [-0.3, -0.25) is 9.97 Å². The molecule has 2 N–H and O–H groups in total. The van der Waals surface area contributed by atoms with Crippen molar-refractivity contribution in [2.45, 2.75) is 19.9 Å². The fraction of sp³-hybridized carbons (Fsp3) is 0.600.